The van der Waals surface area contributed by atoms with E-state index < -0.39 is 58.0 Å². The number of primary amides is 1. The van der Waals surface area contributed by atoms with E-state index in [0.717, 1.165) is 10.6 Å². The highest BCUT2D eigenvalue weighted by molar-refractivity contribution is 7.13. The Hall–Kier alpha value is -3.38. The number of anilines is 1. The average Bonchev–Trinajstić information content (AvgIpc) is 3.35. The summed E-state index contributed by atoms with van der Waals surface area (Å²) in [5, 5.41) is 47.4. The van der Waals surface area contributed by atoms with Gasteiger partial charge in [-0.25, -0.2) is 0 Å². The van der Waals surface area contributed by atoms with Crippen molar-refractivity contribution in [2.75, 3.05) is 33.1 Å². The number of fused-ring (bicyclic) bond motifs is 3. The van der Waals surface area contributed by atoms with Crippen molar-refractivity contribution in [2.45, 2.75) is 24.5 Å². The Morgan fingerprint density at radius 3 is 2.36 bits per heavy atom. The summed E-state index contributed by atoms with van der Waals surface area (Å²) in [7, 11) is 6.81. The Balaban J connectivity index is 0.00000353. The fraction of sp³-hybridized carbons (Fsp3) is 0.370. The topological polar surface area (TPSA) is 165 Å². The largest absolute Gasteiger partial charge is 0.508 e. The molecule has 6 N–H and O–H groups in total. The van der Waals surface area contributed by atoms with Gasteiger partial charge in [-0.2, -0.15) is 0 Å². The molecule has 5 rings (SSSR count). The van der Waals surface area contributed by atoms with Gasteiger partial charge in [-0.15, -0.1) is 23.7 Å². The third-order valence-electron chi connectivity index (χ3n) is 7.97. The summed E-state index contributed by atoms with van der Waals surface area (Å²) in [6.45, 7) is 0. The molecule has 1 saturated carbocycles. The van der Waals surface area contributed by atoms with E-state index in [1.807, 2.05) is 42.6 Å². The van der Waals surface area contributed by atoms with Crippen LogP contribution in [0.2, 0.25) is 0 Å². The number of phenols is 1. The molecule has 0 aliphatic heterocycles. The van der Waals surface area contributed by atoms with Crippen LogP contribution in [0.15, 0.2) is 40.5 Å². The summed E-state index contributed by atoms with van der Waals surface area (Å²) >= 11 is 1.40. The molecule has 1 aromatic heterocycles. The standard InChI is InChI=1S/C27H29N3O7S.ClH/c1-29(2)15-10-13(16-6-5-7-38-16)21(31)18-12(15)8-11-9-14-20(30(3)4)23(33)19(26(28)36)25(35)27(14,37)24(34)17(11)22(18)32;/h5-7,10-11,14,20,31-32,35,37H,8-9H2,1-4H3,(H2,28,36);1H/t11-,14-,20-,27-;/m0./s1. The molecule has 3 aliphatic carbocycles. The lowest BCUT2D eigenvalue weighted by Crippen LogP contribution is -2.65. The van der Waals surface area contributed by atoms with E-state index in [1.165, 1.54) is 16.2 Å². The fourth-order valence-corrected chi connectivity index (χ4v) is 7.05. The molecule has 1 aromatic carbocycles. The van der Waals surface area contributed by atoms with Crippen LogP contribution in [0, 0.1) is 11.8 Å². The van der Waals surface area contributed by atoms with E-state index in [4.69, 9.17) is 5.73 Å². The lowest BCUT2D eigenvalue weighted by atomic mass is 9.57. The van der Waals surface area contributed by atoms with E-state index in [9.17, 15) is 34.8 Å². The maximum absolute atomic E-state index is 14.0. The molecule has 2 aromatic rings. The van der Waals surface area contributed by atoms with Crippen LogP contribution in [0.4, 0.5) is 5.69 Å². The minimum absolute atomic E-state index is 0. The second kappa shape index (κ2) is 9.67. The quantitative estimate of drug-likeness (QED) is 0.344. The third-order valence-corrected chi connectivity index (χ3v) is 8.87. The Bertz CT molecular complexity index is 1460. The number of benzene rings is 1. The lowest BCUT2D eigenvalue weighted by Gasteiger charge is -2.50. The Morgan fingerprint density at radius 2 is 1.82 bits per heavy atom. The van der Waals surface area contributed by atoms with Gasteiger partial charge in [0.05, 0.1) is 11.6 Å². The number of ketones is 2. The molecule has 10 nitrogen and oxygen atoms in total. The Kier molecular flexibility index (Phi) is 7.10. The van der Waals surface area contributed by atoms with Gasteiger partial charge in [0.2, 0.25) is 5.78 Å². The number of thiophene rings is 1. The molecule has 0 bridgehead atoms. The zero-order chi connectivity index (χ0) is 27.8. The number of hydrogen-bond donors (Lipinski definition) is 5. The van der Waals surface area contributed by atoms with Gasteiger partial charge in [0.25, 0.3) is 5.91 Å². The van der Waals surface area contributed by atoms with Crippen molar-refractivity contribution in [1.29, 1.82) is 0 Å². The normalized spacial score (nSPS) is 26.2. The van der Waals surface area contributed by atoms with Crippen LogP contribution < -0.4 is 10.6 Å². The van der Waals surface area contributed by atoms with Crippen LogP contribution in [-0.4, -0.2) is 82.6 Å². The summed E-state index contributed by atoms with van der Waals surface area (Å²) in [4.78, 5) is 43.4. The molecule has 1 amide bonds. The fourth-order valence-electron chi connectivity index (χ4n) is 6.31. The number of Topliss-reactive ketones (excluding diaryl/α,β-unsaturated/α-hetero) is 2. The minimum atomic E-state index is -2.66. The number of carbonyl (C=O) groups is 3. The van der Waals surface area contributed by atoms with Crippen molar-refractivity contribution in [3.8, 4) is 16.2 Å². The number of phenolic OH excluding ortho intramolecular Hbond substituents is 1. The molecular formula is C27H30ClN3O7S. The van der Waals surface area contributed by atoms with E-state index >= 15 is 0 Å². The highest BCUT2D eigenvalue weighted by Gasteiger charge is 2.64. The predicted octanol–water partition coefficient (Wildman–Crippen LogP) is 2.18. The second-order valence-corrected chi connectivity index (χ2v) is 11.4. The van der Waals surface area contributed by atoms with Crippen LogP contribution in [-0.2, 0) is 20.8 Å². The maximum Gasteiger partial charge on any atom is 0.255 e. The van der Waals surface area contributed by atoms with Crippen molar-refractivity contribution in [3.05, 3.63) is 51.6 Å². The number of likely N-dealkylation sites (N-methyl/N-ethyl adjacent to an activating group) is 1. The molecule has 39 heavy (non-hydrogen) atoms. The summed E-state index contributed by atoms with van der Waals surface area (Å²) in [5.74, 6) is -6.60. The third kappa shape index (κ3) is 3.87. The first-order chi connectivity index (χ1) is 17.8. The van der Waals surface area contributed by atoms with Gasteiger partial charge in [0.1, 0.15) is 22.8 Å². The van der Waals surface area contributed by atoms with Crippen LogP contribution >= 0.6 is 23.7 Å². The summed E-state index contributed by atoms with van der Waals surface area (Å²) < 4.78 is 0. The van der Waals surface area contributed by atoms with Gasteiger partial charge >= 0.3 is 0 Å². The Labute approximate surface area is 235 Å². The molecule has 1 fully saturated rings. The number of halogens is 1. The van der Waals surface area contributed by atoms with Gasteiger partial charge in [0.15, 0.2) is 11.4 Å². The van der Waals surface area contributed by atoms with Gasteiger partial charge in [-0.05, 0) is 55.9 Å². The molecule has 0 spiro atoms. The average molecular weight is 576 g/mol. The summed E-state index contributed by atoms with van der Waals surface area (Å²) in [6, 6.07) is 4.38. The van der Waals surface area contributed by atoms with Crippen LogP contribution in [0.3, 0.4) is 0 Å². The van der Waals surface area contributed by atoms with Gasteiger partial charge in [0, 0.05) is 41.7 Å². The van der Waals surface area contributed by atoms with Crippen molar-refractivity contribution in [2.24, 2.45) is 17.6 Å². The van der Waals surface area contributed by atoms with E-state index in [-0.39, 0.29) is 42.1 Å². The van der Waals surface area contributed by atoms with Gasteiger partial charge in [-0.3, -0.25) is 19.3 Å². The van der Waals surface area contributed by atoms with Crippen molar-refractivity contribution < 1.29 is 34.8 Å². The monoisotopic (exact) mass is 575 g/mol. The van der Waals surface area contributed by atoms with Crippen molar-refractivity contribution in [1.82, 2.24) is 4.90 Å². The SMILES string of the molecule is CN(C)c1cc(-c2cccs2)c(O)c2c1C[C@H]1C[C@H]3[C@H](N(C)C)C(=O)C(C(N)=O)=C(O)[C@@]3(O)C(=O)C1=C2O.Cl. The molecule has 3 aliphatic rings. The molecule has 12 heteroatoms. The number of carbonyl (C=O) groups excluding carboxylic acids is 3. The molecule has 0 unspecified atom stereocenters. The van der Waals surface area contributed by atoms with Crippen LogP contribution in [0.25, 0.3) is 16.2 Å². The van der Waals surface area contributed by atoms with Crippen molar-refractivity contribution >= 4 is 52.7 Å². The first-order valence-corrected chi connectivity index (χ1v) is 12.9. The molecule has 208 valence electrons. The zero-order valence-electron chi connectivity index (χ0n) is 21.8. The van der Waals surface area contributed by atoms with E-state index in [0.29, 0.717) is 11.1 Å². The van der Waals surface area contributed by atoms with Gasteiger partial charge < -0.3 is 31.1 Å². The van der Waals surface area contributed by atoms with Crippen LogP contribution in [0.1, 0.15) is 17.5 Å². The van der Waals surface area contributed by atoms with Gasteiger partial charge in [-0.1, -0.05) is 6.07 Å². The second-order valence-electron chi connectivity index (χ2n) is 10.5. The number of hydrogen-bond acceptors (Lipinski definition) is 10. The number of aliphatic hydroxyl groups excluding tert-OH is 2. The zero-order valence-corrected chi connectivity index (χ0v) is 23.4. The maximum atomic E-state index is 14.0. The van der Waals surface area contributed by atoms with Crippen LogP contribution in [0.5, 0.6) is 5.75 Å². The van der Waals surface area contributed by atoms with E-state index in [1.54, 1.807) is 14.1 Å². The van der Waals surface area contributed by atoms with Crippen molar-refractivity contribution in [3.63, 3.8) is 0 Å². The highest BCUT2D eigenvalue weighted by Crippen LogP contribution is 2.55. The minimum Gasteiger partial charge on any atom is -0.508 e. The number of amides is 1. The number of aromatic hydroxyl groups is 1. The first-order valence-electron chi connectivity index (χ1n) is 12.1. The smallest absolute Gasteiger partial charge is 0.255 e. The highest BCUT2D eigenvalue weighted by atomic mass is 35.5. The summed E-state index contributed by atoms with van der Waals surface area (Å²) in [6.07, 6.45) is 0.284. The molecule has 0 radical (unpaired) electrons. The first kappa shape index (κ1) is 28.6. The molecule has 4 atom stereocenters. The molecular weight excluding hydrogens is 546 g/mol. The molecule has 0 saturated heterocycles. The predicted molar refractivity (Wildman–Crippen MR) is 149 cm³/mol. The Morgan fingerprint density at radius 1 is 1.15 bits per heavy atom. The number of aliphatic hydroxyl groups is 3. The number of nitrogens with zero attached hydrogens (tertiary/aromatic N) is 2. The number of rotatable bonds is 4. The van der Waals surface area contributed by atoms with E-state index in [2.05, 4.69) is 0 Å². The molecule has 1 heterocycles. The lowest BCUT2D eigenvalue weighted by molar-refractivity contribution is -0.153. The number of nitrogens with two attached hydrogens (primary N) is 1. The summed E-state index contributed by atoms with van der Waals surface area (Å²) in [5.41, 5.74) is 3.63.